The fourth-order valence-corrected chi connectivity index (χ4v) is 3.80. The van der Waals surface area contributed by atoms with E-state index in [1.54, 1.807) is 0 Å². The highest BCUT2D eigenvalue weighted by molar-refractivity contribution is 7.15. The van der Waals surface area contributed by atoms with Gasteiger partial charge in [0.15, 0.2) is 5.13 Å². The van der Waals surface area contributed by atoms with Crippen molar-refractivity contribution in [2.24, 2.45) is 0 Å². The number of thiazole rings is 1. The van der Waals surface area contributed by atoms with Crippen molar-refractivity contribution >= 4 is 16.5 Å². The molecule has 0 aliphatic carbocycles. The van der Waals surface area contributed by atoms with E-state index >= 15 is 0 Å². The van der Waals surface area contributed by atoms with Crippen molar-refractivity contribution < 1.29 is 0 Å². The zero-order valence-corrected chi connectivity index (χ0v) is 15.5. The lowest BCUT2D eigenvalue weighted by Crippen LogP contribution is -2.31. The molecule has 0 bridgehead atoms. The number of hydrogen-bond acceptors (Lipinski definition) is 4. The van der Waals surface area contributed by atoms with E-state index < -0.39 is 0 Å². The fraction of sp³-hybridized carbons (Fsp3) is 0.824. The van der Waals surface area contributed by atoms with Gasteiger partial charge in [0.2, 0.25) is 0 Å². The summed E-state index contributed by atoms with van der Waals surface area (Å²) >= 11 is 1.87. The third-order valence-corrected chi connectivity index (χ3v) is 5.11. The van der Waals surface area contributed by atoms with Crippen LogP contribution in [-0.2, 0) is 6.54 Å². The Morgan fingerprint density at radius 2 is 1.90 bits per heavy atom. The average Bonchev–Trinajstić information content (AvgIpc) is 2.86. The van der Waals surface area contributed by atoms with Crippen LogP contribution in [0.25, 0.3) is 0 Å². The largest absolute Gasteiger partial charge is 0.346 e. The van der Waals surface area contributed by atoms with Gasteiger partial charge in [-0.1, -0.05) is 33.6 Å². The number of aromatic nitrogens is 1. The smallest absolute Gasteiger partial charge is 0.186 e. The predicted molar refractivity (Wildman–Crippen MR) is 95.6 cm³/mol. The van der Waals surface area contributed by atoms with Gasteiger partial charge in [-0.15, -0.1) is 11.3 Å². The Bertz CT molecular complexity index is 401. The molecule has 0 aromatic carbocycles. The minimum absolute atomic E-state index is 0.514. The van der Waals surface area contributed by atoms with Gasteiger partial charge in [0, 0.05) is 24.0 Å². The topological polar surface area (TPSA) is 28.2 Å². The van der Waals surface area contributed by atoms with Crippen molar-refractivity contribution in [2.75, 3.05) is 18.5 Å². The highest BCUT2D eigenvalue weighted by Gasteiger charge is 2.20. The molecule has 0 spiro atoms. The maximum Gasteiger partial charge on any atom is 0.186 e. The van der Waals surface area contributed by atoms with Gasteiger partial charge >= 0.3 is 0 Å². The van der Waals surface area contributed by atoms with Crippen molar-refractivity contribution in [3.8, 4) is 0 Å². The highest BCUT2D eigenvalue weighted by atomic mass is 32.1. The molecule has 1 rings (SSSR count). The first-order valence-electron chi connectivity index (χ1n) is 8.45. The van der Waals surface area contributed by atoms with Gasteiger partial charge in [-0.3, -0.25) is 0 Å². The lowest BCUT2D eigenvalue weighted by molar-refractivity contribution is 0.621. The minimum Gasteiger partial charge on any atom is -0.346 e. The van der Waals surface area contributed by atoms with Gasteiger partial charge in [-0.2, -0.15) is 0 Å². The number of nitrogens with zero attached hydrogens (tertiary/aromatic N) is 2. The first kappa shape index (κ1) is 18.4. The summed E-state index contributed by atoms with van der Waals surface area (Å²) in [6.45, 7) is 13.4. The van der Waals surface area contributed by atoms with Crippen LogP contribution in [0.3, 0.4) is 0 Å². The van der Waals surface area contributed by atoms with E-state index in [1.165, 1.54) is 35.0 Å². The Hall–Kier alpha value is -0.610. The van der Waals surface area contributed by atoms with Gasteiger partial charge in [0.1, 0.15) is 0 Å². The third kappa shape index (κ3) is 5.26. The number of rotatable bonds is 10. The summed E-state index contributed by atoms with van der Waals surface area (Å²) in [4.78, 5) is 8.89. The molecule has 4 heteroatoms. The normalized spacial score (nSPS) is 12.9. The van der Waals surface area contributed by atoms with Gasteiger partial charge in [0.05, 0.1) is 5.69 Å². The maximum atomic E-state index is 5.00. The van der Waals surface area contributed by atoms with E-state index in [2.05, 4.69) is 44.8 Å². The molecule has 0 aliphatic heterocycles. The highest BCUT2D eigenvalue weighted by Crippen LogP contribution is 2.33. The molecule has 1 heterocycles. The molecule has 3 nitrogen and oxygen atoms in total. The van der Waals surface area contributed by atoms with E-state index in [0.29, 0.717) is 12.0 Å². The molecule has 1 aromatic heterocycles. The van der Waals surface area contributed by atoms with Crippen molar-refractivity contribution in [3.63, 3.8) is 0 Å². The standard InChI is InChI=1S/C17H33N3S/c1-7-9-10-11-20(13(3)4)17-19-16(14(5)8-2)15(21-17)12-18-6/h13-14,18H,7-12H2,1-6H3. The van der Waals surface area contributed by atoms with E-state index in [9.17, 15) is 0 Å². The summed E-state index contributed by atoms with van der Waals surface area (Å²) in [6.07, 6.45) is 4.98. The van der Waals surface area contributed by atoms with Crippen LogP contribution in [0, 0.1) is 0 Å². The monoisotopic (exact) mass is 311 g/mol. The predicted octanol–water partition coefficient (Wildman–Crippen LogP) is 4.78. The number of nitrogens with one attached hydrogen (secondary N) is 1. The molecule has 122 valence electrons. The van der Waals surface area contributed by atoms with Gasteiger partial charge in [-0.05, 0) is 39.7 Å². The second-order valence-electron chi connectivity index (χ2n) is 6.14. The zero-order chi connectivity index (χ0) is 15.8. The molecule has 0 saturated carbocycles. The van der Waals surface area contributed by atoms with E-state index in [1.807, 2.05) is 18.4 Å². The molecular formula is C17H33N3S. The zero-order valence-electron chi connectivity index (χ0n) is 14.7. The Kier molecular flexibility index (Phi) is 8.27. The molecule has 0 saturated heterocycles. The molecular weight excluding hydrogens is 278 g/mol. The van der Waals surface area contributed by atoms with Crippen LogP contribution in [0.2, 0.25) is 0 Å². The summed E-state index contributed by atoms with van der Waals surface area (Å²) in [7, 11) is 2.02. The summed E-state index contributed by atoms with van der Waals surface area (Å²) in [5.41, 5.74) is 1.30. The number of unbranched alkanes of at least 4 members (excludes halogenated alkanes) is 2. The Morgan fingerprint density at radius 3 is 2.43 bits per heavy atom. The van der Waals surface area contributed by atoms with E-state index in [-0.39, 0.29) is 0 Å². The fourth-order valence-electron chi connectivity index (χ4n) is 2.45. The lowest BCUT2D eigenvalue weighted by atomic mass is 10.0. The van der Waals surface area contributed by atoms with Crippen molar-refractivity contribution in [3.05, 3.63) is 10.6 Å². The molecule has 1 unspecified atom stereocenters. The summed E-state index contributed by atoms with van der Waals surface area (Å²) in [5.74, 6) is 0.544. The van der Waals surface area contributed by atoms with Crippen molar-refractivity contribution in [1.82, 2.24) is 10.3 Å². The third-order valence-electron chi connectivity index (χ3n) is 4.00. The molecule has 0 amide bonds. The summed E-state index contributed by atoms with van der Waals surface area (Å²) < 4.78 is 0. The maximum absolute atomic E-state index is 5.00. The van der Waals surface area contributed by atoms with Crippen LogP contribution in [0.1, 0.15) is 76.8 Å². The first-order valence-corrected chi connectivity index (χ1v) is 9.27. The lowest BCUT2D eigenvalue weighted by Gasteiger charge is -2.26. The molecule has 1 atom stereocenters. The quantitative estimate of drug-likeness (QED) is 0.630. The summed E-state index contributed by atoms with van der Waals surface area (Å²) in [6, 6.07) is 0.514. The second kappa shape index (κ2) is 9.42. The Balaban J connectivity index is 2.96. The molecule has 1 aromatic rings. The molecule has 1 N–H and O–H groups in total. The van der Waals surface area contributed by atoms with Gasteiger partial charge < -0.3 is 10.2 Å². The van der Waals surface area contributed by atoms with E-state index in [0.717, 1.165) is 19.5 Å². The minimum atomic E-state index is 0.514. The number of hydrogen-bond donors (Lipinski definition) is 1. The van der Waals surface area contributed by atoms with Crippen molar-refractivity contribution in [2.45, 2.75) is 78.8 Å². The van der Waals surface area contributed by atoms with Crippen LogP contribution >= 0.6 is 11.3 Å². The van der Waals surface area contributed by atoms with Crippen LogP contribution in [-0.4, -0.2) is 24.6 Å². The van der Waals surface area contributed by atoms with E-state index in [4.69, 9.17) is 4.98 Å². The first-order chi connectivity index (χ1) is 10.0. The van der Waals surface area contributed by atoms with Crippen LogP contribution < -0.4 is 10.2 Å². The van der Waals surface area contributed by atoms with Gasteiger partial charge in [0.25, 0.3) is 0 Å². The second-order valence-corrected chi connectivity index (χ2v) is 7.20. The SMILES string of the molecule is CCCCCN(c1nc(C(C)CC)c(CNC)s1)C(C)C. The van der Waals surface area contributed by atoms with Crippen LogP contribution in [0.5, 0.6) is 0 Å². The van der Waals surface area contributed by atoms with Crippen LogP contribution in [0.15, 0.2) is 0 Å². The van der Waals surface area contributed by atoms with Gasteiger partial charge in [-0.25, -0.2) is 4.98 Å². The number of anilines is 1. The van der Waals surface area contributed by atoms with Crippen molar-refractivity contribution in [1.29, 1.82) is 0 Å². The average molecular weight is 312 g/mol. The molecule has 21 heavy (non-hydrogen) atoms. The molecule has 0 fully saturated rings. The summed E-state index contributed by atoms with van der Waals surface area (Å²) in [5, 5.41) is 4.50. The molecule has 0 radical (unpaired) electrons. The van der Waals surface area contributed by atoms with Crippen LogP contribution in [0.4, 0.5) is 5.13 Å². The Morgan fingerprint density at radius 1 is 1.19 bits per heavy atom. The Labute approximate surface area is 135 Å². The molecule has 0 aliphatic rings.